The zero-order chi connectivity index (χ0) is 17.6. The van der Waals surface area contributed by atoms with Gasteiger partial charge in [0.05, 0.1) is 15.3 Å². The summed E-state index contributed by atoms with van der Waals surface area (Å²) in [4.78, 5) is 36.9. The average Bonchev–Trinajstić information content (AvgIpc) is 3.33. The molecule has 2 heterocycles. The van der Waals surface area contributed by atoms with Crippen molar-refractivity contribution in [3.8, 4) is 0 Å². The standard InChI is InChI=1S/C18H13NO4S2/c20-14(15-3-1-9-24-15)11-23-18(22)12-5-7-13(8-6-12)19-17(21)16-4-2-10-25-16/h1-10H,11H2,(H,19,21). The summed E-state index contributed by atoms with van der Waals surface area (Å²) in [6.45, 7) is -0.295. The van der Waals surface area contributed by atoms with Crippen LogP contribution in [0.2, 0.25) is 0 Å². The Bertz CT molecular complexity index is 868. The van der Waals surface area contributed by atoms with Crippen LogP contribution in [0, 0.1) is 0 Å². The van der Waals surface area contributed by atoms with Crippen LogP contribution in [0.15, 0.2) is 59.3 Å². The molecule has 0 fully saturated rings. The molecule has 5 nitrogen and oxygen atoms in total. The average molecular weight is 371 g/mol. The number of rotatable bonds is 6. The number of carbonyl (C=O) groups excluding carboxylic acids is 3. The van der Waals surface area contributed by atoms with Gasteiger partial charge in [-0.2, -0.15) is 0 Å². The number of ketones is 1. The van der Waals surface area contributed by atoms with Gasteiger partial charge in [-0.15, -0.1) is 22.7 Å². The second-order valence-electron chi connectivity index (χ2n) is 4.99. The molecular formula is C18H13NO4S2. The van der Waals surface area contributed by atoms with Crippen molar-refractivity contribution < 1.29 is 19.1 Å². The Labute approximate surface area is 151 Å². The van der Waals surface area contributed by atoms with E-state index in [1.807, 2.05) is 5.38 Å². The molecule has 7 heteroatoms. The quantitative estimate of drug-likeness (QED) is 0.523. The van der Waals surface area contributed by atoms with E-state index in [0.717, 1.165) is 0 Å². The molecule has 1 amide bonds. The van der Waals surface area contributed by atoms with Gasteiger partial charge >= 0.3 is 5.97 Å². The van der Waals surface area contributed by atoms with Crippen molar-refractivity contribution in [3.63, 3.8) is 0 Å². The van der Waals surface area contributed by atoms with Crippen molar-refractivity contribution in [2.75, 3.05) is 11.9 Å². The van der Waals surface area contributed by atoms with Gasteiger partial charge in [-0.25, -0.2) is 4.79 Å². The van der Waals surface area contributed by atoms with Gasteiger partial charge in [0, 0.05) is 5.69 Å². The summed E-state index contributed by atoms with van der Waals surface area (Å²) in [7, 11) is 0. The molecule has 3 rings (SSSR count). The molecule has 0 spiro atoms. The first-order valence-electron chi connectivity index (χ1n) is 7.32. The number of hydrogen-bond donors (Lipinski definition) is 1. The third kappa shape index (κ3) is 4.40. The molecule has 0 saturated heterocycles. The van der Waals surface area contributed by atoms with Crippen LogP contribution in [-0.2, 0) is 4.74 Å². The van der Waals surface area contributed by atoms with E-state index >= 15 is 0 Å². The van der Waals surface area contributed by atoms with Crippen molar-refractivity contribution in [2.45, 2.75) is 0 Å². The summed E-state index contributed by atoms with van der Waals surface area (Å²) in [5, 5.41) is 6.36. The van der Waals surface area contributed by atoms with Gasteiger partial charge in [0.25, 0.3) is 5.91 Å². The van der Waals surface area contributed by atoms with E-state index in [2.05, 4.69) is 5.32 Å². The number of esters is 1. The molecule has 3 aromatic rings. The normalized spacial score (nSPS) is 10.2. The van der Waals surface area contributed by atoms with Crippen molar-refractivity contribution in [1.82, 2.24) is 0 Å². The largest absolute Gasteiger partial charge is 0.454 e. The van der Waals surface area contributed by atoms with Crippen LogP contribution in [0.3, 0.4) is 0 Å². The molecule has 0 aliphatic carbocycles. The van der Waals surface area contributed by atoms with Gasteiger partial charge in [0.1, 0.15) is 0 Å². The molecule has 25 heavy (non-hydrogen) atoms. The molecule has 0 aliphatic heterocycles. The van der Waals surface area contributed by atoms with Gasteiger partial charge in [-0.05, 0) is 47.2 Å². The first kappa shape index (κ1) is 17.1. The fourth-order valence-electron chi connectivity index (χ4n) is 2.01. The molecular weight excluding hydrogens is 358 g/mol. The Hall–Kier alpha value is -2.77. The van der Waals surface area contributed by atoms with Crippen LogP contribution in [0.4, 0.5) is 5.69 Å². The highest BCUT2D eigenvalue weighted by Crippen LogP contribution is 2.15. The van der Waals surface area contributed by atoms with Crippen LogP contribution in [0.5, 0.6) is 0 Å². The predicted molar refractivity (Wildman–Crippen MR) is 97.6 cm³/mol. The molecule has 0 aliphatic rings. The Kier molecular flexibility index (Phi) is 5.37. The number of hydrogen-bond acceptors (Lipinski definition) is 6. The monoisotopic (exact) mass is 371 g/mol. The van der Waals surface area contributed by atoms with Crippen molar-refractivity contribution in [3.05, 3.63) is 74.6 Å². The Morgan fingerprint density at radius 3 is 2.12 bits per heavy atom. The van der Waals surface area contributed by atoms with Gasteiger partial charge < -0.3 is 10.1 Å². The number of benzene rings is 1. The van der Waals surface area contributed by atoms with Crippen LogP contribution >= 0.6 is 22.7 Å². The number of anilines is 1. The third-order valence-electron chi connectivity index (χ3n) is 3.25. The number of amides is 1. The maximum atomic E-state index is 12.0. The lowest BCUT2D eigenvalue weighted by Gasteiger charge is -2.06. The molecule has 2 aromatic heterocycles. The van der Waals surface area contributed by atoms with Crippen LogP contribution < -0.4 is 5.32 Å². The lowest BCUT2D eigenvalue weighted by Crippen LogP contribution is -2.14. The maximum absolute atomic E-state index is 12.0. The Balaban J connectivity index is 1.55. The molecule has 0 radical (unpaired) electrons. The van der Waals surface area contributed by atoms with E-state index < -0.39 is 5.97 Å². The summed E-state index contributed by atoms with van der Waals surface area (Å²) >= 11 is 2.65. The highest BCUT2D eigenvalue weighted by molar-refractivity contribution is 7.12. The van der Waals surface area contributed by atoms with E-state index in [1.54, 1.807) is 53.9 Å². The lowest BCUT2D eigenvalue weighted by molar-refractivity contribution is 0.0476. The molecule has 0 saturated carbocycles. The number of ether oxygens (including phenoxy) is 1. The number of carbonyl (C=O) groups is 3. The highest BCUT2D eigenvalue weighted by Gasteiger charge is 2.13. The second-order valence-corrected chi connectivity index (χ2v) is 6.88. The molecule has 126 valence electrons. The number of thiophene rings is 2. The van der Waals surface area contributed by atoms with Crippen molar-refractivity contribution in [2.24, 2.45) is 0 Å². The third-order valence-corrected chi connectivity index (χ3v) is 5.03. The van der Waals surface area contributed by atoms with Gasteiger partial charge in [-0.1, -0.05) is 12.1 Å². The van der Waals surface area contributed by atoms with E-state index in [-0.39, 0.29) is 18.3 Å². The number of nitrogens with one attached hydrogen (secondary N) is 1. The smallest absolute Gasteiger partial charge is 0.338 e. The van der Waals surface area contributed by atoms with E-state index in [0.29, 0.717) is 21.0 Å². The minimum absolute atomic E-state index is 0.202. The molecule has 1 N–H and O–H groups in total. The predicted octanol–water partition coefficient (Wildman–Crippen LogP) is 4.10. The first-order valence-corrected chi connectivity index (χ1v) is 9.08. The maximum Gasteiger partial charge on any atom is 0.338 e. The number of Topliss-reactive ketones (excluding diaryl/α,β-unsaturated/α-hetero) is 1. The Morgan fingerprint density at radius 1 is 0.880 bits per heavy atom. The topological polar surface area (TPSA) is 72.5 Å². The highest BCUT2D eigenvalue weighted by atomic mass is 32.1. The summed E-state index contributed by atoms with van der Waals surface area (Å²) in [5.74, 6) is -1.02. The molecule has 0 unspecified atom stereocenters. The van der Waals surface area contributed by atoms with Crippen LogP contribution in [0.25, 0.3) is 0 Å². The summed E-state index contributed by atoms with van der Waals surface area (Å²) in [6.07, 6.45) is 0. The Morgan fingerprint density at radius 2 is 1.52 bits per heavy atom. The minimum atomic E-state index is -0.582. The first-order chi connectivity index (χ1) is 12.1. The SMILES string of the molecule is O=C(OCC(=O)c1cccs1)c1ccc(NC(=O)c2cccs2)cc1. The fraction of sp³-hybridized carbons (Fsp3) is 0.0556. The fourth-order valence-corrected chi connectivity index (χ4v) is 3.28. The minimum Gasteiger partial charge on any atom is -0.454 e. The van der Waals surface area contributed by atoms with Crippen molar-refractivity contribution in [1.29, 1.82) is 0 Å². The second kappa shape index (κ2) is 7.87. The summed E-state index contributed by atoms with van der Waals surface area (Å²) in [5.41, 5.74) is 0.887. The van der Waals surface area contributed by atoms with Crippen LogP contribution in [-0.4, -0.2) is 24.3 Å². The molecule has 1 aromatic carbocycles. The van der Waals surface area contributed by atoms with Gasteiger partial charge in [0.2, 0.25) is 5.78 Å². The van der Waals surface area contributed by atoms with Gasteiger partial charge in [0.15, 0.2) is 6.61 Å². The molecule has 0 bridgehead atoms. The van der Waals surface area contributed by atoms with Crippen molar-refractivity contribution >= 4 is 46.0 Å². The lowest BCUT2D eigenvalue weighted by atomic mass is 10.2. The van der Waals surface area contributed by atoms with Crippen LogP contribution in [0.1, 0.15) is 29.7 Å². The summed E-state index contributed by atoms with van der Waals surface area (Å²) < 4.78 is 5.03. The zero-order valence-electron chi connectivity index (χ0n) is 12.9. The molecule has 0 atom stereocenters. The van der Waals surface area contributed by atoms with E-state index in [1.165, 1.54) is 22.7 Å². The van der Waals surface area contributed by atoms with E-state index in [9.17, 15) is 14.4 Å². The van der Waals surface area contributed by atoms with E-state index in [4.69, 9.17) is 4.74 Å². The summed E-state index contributed by atoms with van der Waals surface area (Å²) in [6, 6.07) is 13.3. The zero-order valence-corrected chi connectivity index (χ0v) is 14.6. The van der Waals surface area contributed by atoms with Gasteiger partial charge in [-0.3, -0.25) is 9.59 Å².